The summed E-state index contributed by atoms with van der Waals surface area (Å²) in [7, 11) is 2.15. The van der Waals surface area contributed by atoms with Crippen LogP contribution in [0.1, 0.15) is 53.7 Å². The Bertz CT molecular complexity index is 1230. The normalized spacial score (nSPS) is 25.9. The van der Waals surface area contributed by atoms with Crippen LogP contribution in [0.25, 0.3) is 11.2 Å². The lowest BCUT2D eigenvalue weighted by atomic mass is 9.96. The number of aliphatic imine (C=N–C) groups is 1. The number of ether oxygens (including phenoxy) is 2. The first-order valence-corrected chi connectivity index (χ1v) is 14.0. The summed E-state index contributed by atoms with van der Waals surface area (Å²) in [6.07, 6.45) is 2.50. The second-order valence-corrected chi connectivity index (χ2v) is 11.6. The van der Waals surface area contributed by atoms with E-state index in [9.17, 15) is 4.79 Å². The molecule has 2 aromatic rings. The van der Waals surface area contributed by atoms with Crippen LogP contribution in [0.4, 0.5) is 5.95 Å². The summed E-state index contributed by atoms with van der Waals surface area (Å²) in [4.78, 5) is 30.2. The predicted octanol–water partition coefficient (Wildman–Crippen LogP) is 3.08. The highest BCUT2D eigenvalue weighted by molar-refractivity contribution is 7.44. The summed E-state index contributed by atoms with van der Waals surface area (Å²) < 4.78 is 29.7. The molecule has 2 aliphatic rings. The summed E-state index contributed by atoms with van der Waals surface area (Å²) in [5, 5.41) is 9.05. The Kier molecular flexibility index (Phi) is 8.82. The summed E-state index contributed by atoms with van der Waals surface area (Å²) >= 11 is 0. The molecule has 38 heavy (non-hydrogen) atoms. The second-order valence-electron chi connectivity index (χ2n) is 10.2. The van der Waals surface area contributed by atoms with Crippen molar-refractivity contribution in [1.82, 2.24) is 29.1 Å². The molecular weight excluding hydrogens is 511 g/mol. The summed E-state index contributed by atoms with van der Waals surface area (Å²) in [6.45, 7) is 11.1. The average molecular weight is 549 g/mol. The molecule has 1 unspecified atom stereocenters. The Hall–Kier alpha value is -2.46. The third kappa shape index (κ3) is 5.47. The van der Waals surface area contributed by atoms with Crippen molar-refractivity contribution in [2.75, 3.05) is 27.3 Å². The molecule has 5 atom stereocenters. The van der Waals surface area contributed by atoms with Gasteiger partial charge in [-0.05, 0) is 34.1 Å². The van der Waals surface area contributed by atoms with Crippen LogP contribution in [0, 0.1) is 11.3 Å². The molecule has 208 valence electrons. The zero-order valence-electron chi connectivity index (χ0n) is 23.0. The van der Waals surface area contributed by atoms with Crippen LogP contribution >= 0.6 is 8.53 Å². The standard InChI is InChI=1S/C24H37N8O5P/c1-8-24-12-34-18(19(24)37-38(35-11-9-10-25)32(15(2)3)16(4)5)22(36-24)31-14-26-17-20(31)28-23(29-21(17)33)27-13-30(6)7/h13-16,18-19,22H,8-9,11-12H2,1-7H3,(H,28,29,33)/t18-,19+,22-,24+,38?/m1/s1. The number of hydrogen-bond acceptors (Lipinski definition) is 10. The van der Waals surface area contributed by atoms with E-state index in [1.165, 1.54) is 0 Å². The van der Waals surface area contributed by atoms with Crippen molar-refractivity contribution >= 4 is 32.0 Å². The third-order valence-electron chi connectivity index (χ3n) is 6.54. The number of nitriles is 1. The molecular formula is C24H37N8O5P. The summed E-state index contributed by atoms with van der Waals surface area (Å²) in [5.41, 5.74) is -0.557. The number of H-pyrrole nitrogens is 1. The largest absolute Gasteiger partial charge is 0.369 e. The minimum atomic E-state index is -1.51. The lowest BCUT2D eigenvalue weighted by molar-refractivity contribution is -0.172. The highest BCUT2D eigenvalue weighted by Crippen LogP contribution is 2.56. The number of aromatic nitrogens is 4. The van der Waals surface area contributed by atoms with E-state index in [1.807, 2.05) is 21.0 Å². The molecule has 4 heterocycles. The van der Waals surface area contributed by atoms with E-state index in [-0.39, 0.29) is 42.1 Å². The van der Waals surface area contributed by atoms with Crippen molar-refractivity contribution in [3.8, 4) is 6.07 Å². The molecule has 0 amide bonds. The molecule has 2 aromatic heterocycles. The quantitative estimate of drug-likeness (QED) is 0.182. The van der Waals surface area contributed by atoms with Gasteiger partial charge in [0.05, 0.1) is 38.4 Å². The zero-order valence-corrected chi connectivity index (χ0v) is 23.9. The summed E-state index contributed by atoms with van der Waals surface area (Å²) in [6, 6.07) is 2.45. The van der Waals surface area contributed by atoms with Gasteiger partial charge in [0.25, 0.3) is 14.1 Å². The predicted molar refractivity (Wildman–Crippen MR) is 143 cm³/mol. The number of imidazole rings is 1. The minimum absolute atomic E-state index is 0.159. The molecule has 1 N–H and O–H groups in total. The fourth-order valence-corrected chi connectivity index (χ4v) is 6.64. The van der Waals surface area contributed by atoms with E-state index >= 15 is 0 Å². The molecule has 0 aromatic carbocycles. The van der Waals surface area contributed by atoms with Gasteiger partial charge >= 0.3 is 0 Å². The number of hydrogen-bond donors (Lipinski definition) is 1. The number of nitrogens with zero attached hydrogens (tertiary/aromatic N) is 7. The van der Waals surface area contributed by atoms with E-state index < -0.39 is 32.6 Å². The molecule has 14 heteroatoms. The van der Waals surface area contributed by atoms with Gasteiger partial charge in [-0.1, -0.05) is 6.92 Å². The maximum Gasteiger partial charge on any atom is 0.280 e. The first kappa shape index (κ1) is 28.5. The maximum atomic E-state index is 12.7. The van der Waals surface area contributed by atoms with Crippen molar-refractivity contribution in [3.63, 3.8) is 0 Å². The van der Waals surface area contributed by atoms with Crippen LogP contribution in [-0.2, 0) is 18.5 Å². The Labute approximate surface area is 223 Å². The van der Waals surface area contributed by atoms with Gasteiger partial charge in [-0.15, -0.1) is 0 Å². The van der Waals surface area contributed by atoms with Gasteiger partial charge in [0.2, 0.25) is 5.95 Å². The molecule has 2 bridgehead atoms. The molecule has 0 aliphatic carbocycles. The molecule has 0 radical (unpaired) electrons. The van der Waals surface area contributed by atoms with E-state index in [1.54, 1.807) is 22.1 Å². The van der Waals surface area contributed by atoms with Crippen LogP contribution < -0.4 is 5.56 Å². The fraction of sp³-hybridized carbons (Fsp3) is 0.708. The van der Waals surface area contributed by atoms with E-state index in [0.29, 0.717) is 18.7 Å². The van der Waals surface area contributed by atoms with Crippen LogP contribution in [0.2, 0.25) is 0 Å². The van der Waals surface area contributed by atoms with Crippen LogP contribution in [0.15, 0.2) is 16.1 Å². The van der Waals surface area contributed by atoms with Gasteiger partial charge < -0.3 is 23.4 Å². The Morgan fingerprint density at radius 2 is 2.13 bits per heavy atom. The molecule has 2 saturated heterocycles. The first-order valence-electron chi connectivity index (χ1n) is 12.8. The van der Waals surface area contributed by atoms with Gasteiger partial charge in [-0.3, -0.25) is 14.3 Å². The highest BCUT2D eigenvalue weighted by atomic mass is 31.2. The topological polar surface area (TPSA) is 143 Å². The van der Waals surface area contributed by atoms with E-state index in [0.717, 1.165) is 0 Å². The molecule has 2 fully saturated rings. The number of aromatic amines is 1. The number of nitrogens with one attached hydrogen (secondary N) is 1. The Morgan fingerprint density at radius 3 is 2.76 bits per heavy atom. The maximum absolute atomic E-state index is 12.7. The Morgan fingerprint density at radius 1 is 1.39 bits per heavy atom. The molecule has 4 rings (SSSR count). The highest BCUT2D eigenvalue weighted by Gasteiger charge is 2.63. The van der Waals surface area contributed by atoms with Gasteiger partial charge in [-0.25, -0.2) is 14.6 Å². The van der Waals surface area contributed by atoms with Crippen molar-refractivity contribution in [2.24, 2.45) is 4.99 Å². The minimum Gasteiger partial charge on any atom is -0.369 e. The second kappa shape index (κ2) is 11.7. The van der Waals surface area contributed by atoms with Gasteiger partial charge in [0.1, 0.15) is 17.8 Å². The molecule has 0 saturated carbocycles. The third-order valence-corrected chi connectivity index (χ3v) is 8.65. The Balaban J connectivity index is 1.68. The van der Waals surface area contributed by atoms with Crippen LogP contribution in [0.5, 0.6) is 0 Å². The molecule has 13 nitrogen and oxygen atoms in total. The number of fused-ring (bicyclic) bond motifs is 3. The van der Waals surface area contributed by atoms with Crippen LogP contribution in [0.3, 0.4) is 0 Å². The summed E-state index contributed by atoms with van der Waals surface area (Å²) in [5.74, 6) is 0.166. The fourth-order valence-electron chi connectivity index (χ4n) is 4.83. The molecule has 0 spiro atoms. The van der Waals surface area contributed by atoms with E-state index in [4.69, 9.17) is 23.8 Å². The van der Waals surface area contributed by atoms with Crippen LogP contribution in [-0.4, -0.2) is 92.6 Å². The smallest absolute Gasteiger partial charge is 0.280 e. The SMILES string of the molecule is CC[C@@]12CO[C@@H]([C@H](n3cnc4c(=O)[nH]c(N=CN(C)C)nc43)O1)[C@@H]2OP(OCCC#N)N(C(C)C)C(C)C. The monoisotopic (exact) mass is 548 g/mol. The van der Waals surface area contributed by atoms with Gasteiger partial charge in [0.15, 0.2) is 17.4 Å². The van der Waals surface area contributed by atoms with Gasteiger partial charge in [0, 0.05) is 26.2 Å². The molecule has 2 aliphatic heterocycles. The lowest BCUT2D eigenvalue weighted by Crippen LogP contribution is -2.42. The first-order chi connectivity index (χ1) is 18.1. The van der Waals surface area contributed by atoms with Crippen molar-refractivity contribution in [1.29, 1.82) is 5.26 Å². The van der Waals surface area contributed by atoms with Crippen molar-refractivity contribution in [3.05, 3.63) is 16.7 Å². The van der Waals surface area contributed by atoms with E-state index in [2.05, 4.69) is 58.4 Å². The number of rotatable bonds is 12. The zero-order chi connectivity index (χ0) is 27.6. The van der Waals surface area contributed by atoms with Gasteiger partial charge in [-0.2, -0.15) is 10.2 Å². The lowest BCUT2D eigenvalue weighted by Gasteiger charge is -2.38. The average Bonchev–Trinajstić information content (AvgIpc) is 3.52. The van der Waals surface area contributed by atoms with Crippen molar-refractivity contribution in [2.45, 2.75) is 83.6 Å². The van der Waals surface area contributed by atoms with Crippen molar-refractivity contribution < 1.29 is 18.5 Å².